The molecule has 1 saturated heterocycles. The Bertz CT molecular complexity index is 956. The molecular weight excluding hydrogens is 384 g/mol. The van der Waals surface area contributed by atoms with Crippen LogP contribution in [0.2, 0.25) is 0 Å². The number of hydrogen-bond donors (Lipinski definition) is 0. The minimum absolute atomic E-state index is 0.264. The van der Waals surface area contributed by atoms with E-state index in [1.807, 2.05) is 38.1 Å². The standard InChI is InChI=1S/C23H28N2O5/c1-4-17-15(3)21(16-10-6-7-11-18(16)24-17)23(28)30-14-20(26)25-13-9-8-12-19(25)22(27)29-5-2/h6-7,10-11,19H,4-5,8-9,12-14H2,1-3H3/t19-/m1/s1. The first-order valence-electron chi connectivity index (χ1n) is 10.5. The van der Waals surface area contributed by atoms with Crippen LogP contribution in [-0.4, -0.2) is 53.5 Å². The van der Waals surface area contributed by atoms with E-state index >= 15 is 0 Å². The Morgan fingerprint density at radius 2 is 1.90 bits per heavy atom. The lowest BCUT2D eigenvalue weighted by Crippen LogP contribution is -2.50. The van der Waals surface area contributed by atoms with Crippen molar-refractivity contribution in [3.05, 3.63) is 41.1 Å². The molecule has 7 heteroatoms. The van der Waals surface area contributed by atoms with Gasteiger partial charge in [0.2, 0.25) is 0 Å². The maximum absolute atomic E-state index is 12.9. The summed E-state index contributed by atoms with van der Waals surface area (Å²) in [4.78, 5) is 44.0. The van der Waals surface area contributed by atoms with Gasteiger partial charge in [-0.15, -0.1) is 0 Å². The average Bonchev–Trinajstić information content (AvgIpc) is 2.77. The predicted molar refractivity (Wildman–Crippen MR) is 112 cm³/mol. The van der Waals surface area contributed by atoms with Gasteiger partial charge in [0.05, 0.1) is 17.7 Å². The monoisotopic (exact) mass is 412 g/mol. The number of carbonyl (C=O) groups excluding carboxylic acids is 3. The number of carbonyl (C=O) groups is 3. The third-order valence-corrected chi connectivity index (χ3v) is 5.48. The van der Waals surface area contributed by atoms with Gasteiger partial charge in [-0.05, 0) is 51.2 Å². The number of para-hydroxylation sites is 1. The summed E-state index contributed by atoms with van der Waals surface area (Å²) in [6.45, 7) is 5.87. The first-order chi connectivity index (χ1) is 14.5. The molecule has 0 radical (unpaired) electrons. The number of hydrogen-bond acceptors (Lipinski definition) is 6. The van der Waals surface area contributed by atoms with Crippen molar-refractivity contribution in [2.45, 2.75) is 52.5 Å². The molecule has 1 aliphatic rings. The van der Waals surface area contributed by atoms with E-state index in [1.54, 1.807) is 6.92 Å². The molecule has 1 amide bonds. The van der Waals surface area contributed by atoms with Crippen molar-refractivity contribution in [2.75, 3.05) is 19.8 Å². The van der Waals surface area contributed by atoms with Gasteiger partial charge >= 0.3 is 11.9 Å². The second-order valence-corrected chi connectivity index (χ2v) is 7.36. The van der Waals surface area contributed by atoms with E-state index in [2.05, 4.69) is 4.98 Å². The molecule has 0 spiro atoms. The highest BCUT2D eigenvalue weighted by Gasteiger charge is 2.33. The molecule has 3 rings (SSSR count). The summed E-state index contributed by atoms with van der Waals surface area (Å²) in [6, 6.07) is 6.78. The number of rotatable bonds is 6. The lowest BCUT2D eigenvalue weighted by Gasteiger charge is -2.33. The van der Waals surface area contributed by atoms with E-state index in [4.69, 9.17) is 9.47 Å². The first kappa shape index (κ1) is 21.7. The predicted octanol–water partition coefficient (Wildman–Crippen LogP) is 3.21. The summed E-state index contributed by atoms with van der Waals surface area (Å²) in [7, 11) is 0. The Labute approximate surface area is 176 Å². The van der Waals surface area contributed by atoms with Crippen LogP contribution in [-0.2, 0) is 25.5 Å². The molecule has 2 heterocycles. The zero-order valence-corrected chi connectivity index (χ0v) is 17.8. The number of aromatic nitrogens is 1. The smallest absolute Gasteiger partial charge is 0.339 e. The number of esters is 2. The molecule has 0 saturated carbocycles. The molecule has 1 atom stereocenters. The zero-order valence-electron chi connectivity index (χ0n) is 17.8. The number of aryl methyl sites for hydroxylation is 1. The van der Waals surface area contributed by atoms with Crippen molar-refractivity contribution < 1.29 is 23.9 Å². The summed E-state index contributed by atoms with van der Waals surface area (Å²) < 4.78 is 10.5. The molecule has 1 fully saturated rings. The van der Waals surface area contributed by atoms with Crippen LogP contribution in [0.5, 0.6) is 0 Å². The Balaban J connectivity index is 1.77. The molecule has 7 nitrogen and oxygen atoms in total. The van der Waals surface area contributed by atoms with E-state index in [-0.39, 0.29) is 12.5 Å². The minimum Gasteiger partial charge on any atom is -0.464 e. The number of pyridine rings is 1. The van der Waals surface area contributed by atoms with Gasteiger partial charge in [0, 0.05) is 17.6 Å². The maximum atomic E-state index is 12.9. The molecule has 0 N–H and O–H groups in total. The molecule has 30 heavy (non-hydrogen) atoms. The average molecular weight is 412 g/mol. The number of ether oxygens (including phenoxy) is 2. The van der Waals surface area contributed by atoms with E-state index in [0.717, 1.165) is 29.6 Å². The third kappa shape index (κ3) is 4.45. The van der Waals surface area contributed by atoms with Gasteiger partial charge in [-0.25, -0.2) is 9.59 Å². The Morgan fingerprint density at radius 1 is 1.13 bits per heavy atom. The largest absolute Gasteiger partial charge is 0.464 e. The molecule has 1 aromatic carbocycles. The van der Waals surface area contributed by atoms with Crippen molar-refractivity contribution in [3.63, 3.8) is 0 Å². The highest BCUT2D eigenvalue weighted by molar-refractivity contribution is 6.05. The lowest BCUT2D eigenvalue weighted by molar-refractivity contribution is -0.157. The number of likely N-dealkylation sites (tertiary alicyclic amines) is 1. The first-order valence-corrected chi connectivity index (χ1v) is 10.5. The van der Waals surface area contributed by atoms with Crippen LogP contribution < -0.4 is 0 Å². The van der Waals surface area contributed by atoms with Crippen molar-refractivity contribution in [1.29, 1.82) is 0 Å². The number of benzene rings is 1. The molecule has 0 unspecified atom stereocenters. The summed E-state index contributed by atoms with van der Waals surface area (Å²) in [6.07, 6.45) is 2.91. The Kier molecular flexibility index (Phi) is 7.03. The van der Waals surface area contributed by atoms with Crippen molar-refractivity contribution in [3.8, 4) is 0 Å². The molecule has 2 aromatic rings. The summed E-state index contributed by atoms with van der Waals surface area (Å²) >= 11 is 0. The molecular formula is C23H28N2O5. The van der Waals surface area contributed by atoms with E-state index in [1.165, 1.54) is 4.90 Å². The van der Waals surface area contributed by atoms with Gasteiger partial charge < -0.3 is 14.4 Å². The van der Waals surface area contributed by atoms with Crippen LogP contribution in [0.15, 0.2) is 24.3 Å². The normalized spacial score (nSPS) is 16.4. The van der Waals surface area contributed by atoms with Crippen LogP contribution in [0.25, 0.3) is 10.9 Å². The summed E-state index contributed by atoms with van der Waals surface area (Å²) in [5.74, 6) is -1.34. The highest BCUT2D eigenvalue weighted by Crippen LogP contribution is 2.25. The minimum atomic E-state index is -0.611. The molecule has 1 aliphatic heterocycles. The van der Waals surface area contributed by atoms with Gasteiger partial charge in [-0.2, -0.15) is 0 Å². The van der Waals surface area contributed by atoms with E-state index < -0.39 is 24.6 Å². The van der Waals surface area contributed by atoms with Gasteiger partial charge in [0.1, 0.15) is 6.04 Å². The summed E-state index contributed by atoms with van der Waals surface area (Å²) in [5.41, 5.74) is 2.74. The molecule has 1 aromatic heterocycles. The van der Waals surface area contributed by atoms with Crippen molar-refractivity contribution in [1.82, 2.24) is 9.88 Å². The fourth-order valence-corrected chi connectivity index (χ4v) is 3.96. The van der Waals surface area contributed by atoms with Gasteiger partial charge in [0.25, 0.3) is 5.91 Å². The van der Waals surface area contributed by atoms with E-state index in [0.29, 0.717) is 30.3 Å². The van der Waals surface area contributed by atoms with Crippen LogP contribution >= 0.6 is 0 Å². The third-order valence-electron chi connectivity index (χ3n) is 5.48. The second-order valence-electron chi connectivity index (χ2n) is 7.36. The van der Waals surface area contributed by atoms with E-state index in [9.17, 15) is 14.4 Å². The second kappa shape index (κ2) is 9.69. The highest BCUT2D eigenvalue weighted by atomic mass is 16.5. The number of amides is 1. The SMILES string of the molecule is CCOC(=O)[C@H]1CCCCN1C(=O)COC(=O)c1c(C)c(CC)nc2ccccc12. The fraction of sp³-hybridized carbons (Fsp3) is 0.478. The fourth-order valence-electron chi connectivity index (χ4n) is 3.96. The quantitative estimate of drug-likeness (QED) is 0.678. The molecule has 160 valence electrons. The van der Waals surface area contributed by atoms with Crippen LogP contribution in [0.4, 0.5) is 0 Å². The number of fused-ring (bicyclic) bond motifs is 1. The number of nitrogens with zero attached hydrogens (tertiary/aromatic N) is 2. The van der Waals surface area contributed by atoms with Crippen LogP contribution in [0, 0.1) is 6.92 Å². The van der Waals surface area contributed by atoms with Crippen molar-refractivity contribution >= 4 is 28.7 Å². The maximum Gasteiger partial charge on any atom is 0.339 e. The van der Waals surface area contributed by atoms with Crippen LogP contribution in [0.1, 0.15) is 54.7 Å². The lowest BCUT2D eigenvalue weighted by atomic mass is 10.0. The van der Waals surface area contributed by atoms with Gasteiger partial charge in [0.15, 0.2) is 6.61 Å². The van der Waals surface area contributed by atoms with Crippen LogP contribution in [0.3, 0.4) is 0 Å². The number of piperidine rings is 1. The van der Waals surface area contributed by atoms with Gasteiger partial charge in [-0.3, -0.25) is 9.78 Å². The van der Waals surface area contributed by atoms with Crippen molar-refractivity contribution in [2.24, 2.45) is 0 Å². The van der Waals surface area contributed by atoms with Gasteiger partial charge in [-0.1, -0.05) is 25.1 Å². The Morgan fingerprint density at radius 3 is 2.63 bits per heavy atom. The molecule has 0 bridgehead atoms. The topological polar surface area (TPSA) is 85.8 Å². The Hall–Kier alpha value is -2.96. The summed E-state index contributed by atoms with van der Waals surface area (Å²) in [5, 5.41) is 0.701. The molecule has 0 aliphatic carbocycles. The zero-order chi connectivity index (χ0) is 21.7.